The smallest absolute Gasteiger partial charge is 0.263 e. The van der Waals surface area contributed by atoms with Crippen LogP contribution in [-0.4, -0.2) is 45.0 Å². The van der Waals surface area contributed by atoms with Gasteiger partial charge in [-0.2, -0.15) is 0 Å². The number of benzene rings is 1. The first-order chi connectivity index (χ1) is 12.9. The lowest BCUT2D eigenvalue weighted by atomic mass is 9.93. The highest BCUT2D eigenvalue weighted by molar-refractivity contribution is 5.81. The molecule has 27 heavy (non-hydrogen) atoms. The molecule has 0 N–H and O–H groups in total. The Balaban J connectivity index is 1.35. The molecule has 0 aliphatic carbocycles. The van der Waals surface area contributed by atoms with Gasteiger partial charge in [0, 0.05) is 24.7 Å². The SMILES string of the molecule is CC(C)(C)c1cn(C2CCN(C(=O)C3CCc4ccccc4O3)CC2)nn1. The fourth-order valence-corrected chi connectivity index (χ4v) is 3.85. The van der Waals surface area contributed by atoms with Gasteiger partial charge in [-0.1, -0.05) is 44.2 Å². The minimum atomic E-state index is -0.352. The van der Waals surface area contributed by atoms with E-state index < -0.39 is 0 Å². The van der Waals surface area contributed by atoms with E-state index in [0.717, 1.165) is 50.2 Å². The van der Waals surface area contributed by atoms with Crippen LogP contribution < -0.4 is 4.74 Å². The Kier molecular flexibility index (Phi) is 4.66. The molecule has 1 unspecified atom stereocenters. The zero-order valence-electron chi connectivity index (χ0n) is 16.4. The maximum Gasteiger partial charge on any atom is 0.263 e. The second-order valence-electron chi connectivity index (χ2n) is 8.64. The number of carbonyl (C=O) groups is 1. The van der Waals surface area contributed by atoms with E-state index in [1.54, 1.807) is 0 Å². The number of para-hydroxylation sites is 1. The first kappa shape index (κ1) is 18.0. The number of amides is 1. The summed E-state index contributed by atoms with van der Waals surface area (Å²) in [5, 5.41) is 8.65. The van der Waals surface area contributed by atoms with E-state index in [4.69, 9.17) is 4.74 Å². The van der Waals surface area contributed by atoms with E-state index in [1.807, 2.05) is 27.8 Å². The molecule has 1 aromatic carbocycles. The Morgan fingerprint density at radius 2 is 1.89 bits per heavy atom. The van der Waals surface area contributed by atoms with Crippen LogP contribution in [0.25, 0.3) is 0 Å². The van der Waals surface area contributed by atoms with Gasteiger partial charge in [-0.05, 0) is 37.3 Å². The van der Waals surface area contributed by atoms with Crippen LogP contribution in [0.1, 0.15) is 57.3 Å². The molecule has 1 saturated heterocycles. The van der Waals surface area contributed by atoms with Crippen LogP contribution in [0.15, 0.2) is 30.5 Å². The number of hydrogen-bond acceptors (Lipinski definition) is 4. The Labute approximate surface area is 160 Å². The number of aryl methyl sites for hydroxylation is 1. The Hall–Kier alpha value is -2.37. The van der Waals surface area contributed by atoms with Gasteiger partial charge in [-0.25, -0.2) is 4.68 Å². The van der Waals surface area contributed by atoms with Crippen LogP contribution in [0, 0.1) is 0 Å². The highest BCUT2D eigenvalue weighted by Crippen LogP contribution is 2.30. The zero-order valence-corrected chi connectivity index (χ0v) is 16.4. The average Bonchev–Trinajstić information content (AvgIpc) is 3.18. The molecular formula is C21H28N4O2. The summed E-state index contributed by atoms with van der Waals surface area (Å²) in [6.45, 7) is 7.92. The second kappa shape index (κ2) is 6.98. The molecule has 0 saturated carbocycles. The van der Waals surface area contributed by atoms with Crippen LogP contribution in [0.3, 0.4) is 0 Å². The van der Waals surface area contributed by atoms with E-state index in [2.05, 4.69) is 43.3 Å². The molecule has 0 bridgehead atoms. The molecule has 1 fully saturated rings. The van der Waals surface area contributed by atoms with Crippen LogP contribution in [-0.2, 0) is 16.6 Å². The lowest BCUT2D eigenvalue weighted by Crippen LogP contribution is -2.47. The van der Waals surface area contributed by atoms with Gasteiger partial charge in [-0.15, -0.1) is 5.10 Å². The minimum absolute atomic E-state index is 0.00350. The zero-order chi connectivity index (χ0) is 19.0. The molecule has 3 heterocycles. The molecule has 2 aromatic rings. The molecular weight excluding hydrogens is 340 g/mol. The molecule has 1 atom stereocenters. The molecule has 6 heteroatoms. The van der Waals surface area contributed by atoms with Gasteiger partial charge in [0.1, 0.15) is 5.75 Å². The van der Waals surface area contributed by atoms with Crippen LogP contribution in [0.5, 0.6) is 5.75 Å². The predicted molar refractivity (Wildman–Crippen MR) is 103 cm³/mol. The number of fused-ring (bicyclic) bond motifs is 1. The van der Waals surface area contributed by atoms with Crippen LogP contribution >= 0.6 is 0 Å². The largest absolute Gasteiger partial charge is 0.480 e. The summed E-state index contributed by atoms with van der Waals surface area (Å²) < 4.78 is 7.96. The second-order valence-corrected chi connectivity index (χ2v) is 8.64. The number of piperidine rings is 1. The predicted octanol–water partition coefficient (Wildman–Crippen LogP) is 3.13. The summed E-state index contributed by atoms with van der Waals surface area (Å²) in [5.74, 6) is 0.978. The highest BCUT2D eigenvalue weighted by atomic mass is 16.5. The van der Waals surface area contributed by atoms with E-state index in [-0.39, 0.29) is 17.4 Å². The average molecular weight is 368 g/mol. The molecule has 4 rings (SSSR count). The normalized spacial score (nSPS) is 20.9. The number of nitrogens with zero attached hydrogens (tertiary/aromatic N) is 4. The summed E-state index contributed by atoms with van der Waals surface area (Å²) in [6.07, 6.45) is 5.17. The number of ether oxygens (including phenoxy) is 1. The van der Waals surface area contributed by atoms with Gasteiger partial charge < -0.3 is 9.64 Å². The highest BCUT2D eigenvalue weighted by Gasteiger charge is 2.33. The molecule has 0 radical (unpaired) electrons. The molecule has 2 aliphatic rings. The third-order valence-electron chi connectivity index (χ3n) is 5.62. The standard InChI is InChI=1S/C21H28N4O2/c1-21(2,3)19-14-25(23-22-19)16-10-12-24(13-11-16)20(26)18-9-8-15-6-4-5-7-17(15)27-18/h4-7,14,16,18H,8-13H2,1-3H3. The van der Waals surface area contributed by atoms with Crippen LogP contribution in [0.4, 0.5) is 0 Å². The number of hydrogen-bond donors (Lipinski definition) is 0. The fraction of sp³-hybridized carbons (Fsp3) is 0.571. The van der Waals surface area contributed by atoms with Crippen molar-refractivity contribution >= 4 is 5.91 Å². The van der Waals surface area contributed by atoms with Crippen molar-refractivity contribution in [2.45, 2.75) is 64.0 Å². The fourth-order valence-electron chi connectivity index (χ4n) is 3.85. The third-order valence-corrected chi connectivity index (χ3v) is 5.62. The van der Waals surface area contributed by atoms with Gasteiger partial charge in [0.15, 0.2) is 6.10 Å². The summed E-state index contributed by atoms with van der Waals surface area (Å²) in [6, 6.07) is 8.32. The first-order valence-corrected chi connectivity index (χ1v) is 9.87. The van der Waals surface area contributed by atoms with Crippen molar-refractivity contribution in [2.24, 2.45) is 0 Å². The van der Waals surface area contributed by atoms with Crippen molar-refractivity contribution < 1.29 is 9.53 Å². The van der Waals surface area contributed by atoms with Gasteiger partial charge in [0.05, 0.1) is 11.7 Å². The van der Waals surface area contributed by atoms with E-state index in [0.29, 0.717) is 6.04 Å². The Bertz CT molecular complexity index is 816. The van der Waals surface area contributed by atoms with E-state index >= 15 is 0 Å². The maximum atomic E-state index is 12.9. The summed E-state index contributed by atoms with van der Waals surface area (Å²) >= 11 is 0. The minimum Gasteiger partial charge on any atom is -0.480 e. The van der Waals surface area contributed by atoms with Gasteiger partial charge in [0.2, 0.25) is 0 Å². The summed E-state index contributed by atoms with van der Waals surface area (Å²) in [5.41, 5.74) is 2.21. The number of likely N-dealkylation sites (tertiary alicyclic amines) is 1. The van der Waals surface area contributed by atoms with Crippen molar-refractivity contribution in [1.29, 1.82) is 0 Å². The lowest BCUT2D eigenvalue weighted by Gasteiger charge is -2.35. The van der Waals surface area contributed by atoms with E-state index in [9.17, 15) is 4.79 Å². The molecule has 1 aromatic heterocycles. The van der Waals surface area contributed by atoms with Crippen molar-refractivity contribution in [3.63, 3.8) is 0 Å². The monoisotopic (exact) mass is 368 g/mol. The molecule has 6 nitrogen and oxygen atoms in total. The molecule has 0 spiro atoms. The van der Waals surface area contributed by atoms with E-state index in [1.165, 1.54) is 5.56 Å². The number of carbonyl (C=O) groups excluding carboxylic acids is 1. The first-order valence-electron chi connectivity index (χ1n) is 9.87. The Morgan fingerprint density at radius 1 is 1.15 bits per heavy atom. The Morgan fingerprint density at radius 3 is 2.59 bits per heavy atom. The quantitative estimate of drug-likeness (QED) is 0.817. The van der Waals surface area contributed by atoms with Gasteiger partial charge in [0.25, 0.3) is 5.91 Å². The van der Waals surface area contributed by atoms with Gasteiger partial charge in [-0.3, -0.25) is 4.79 Å². The van der Waals surface area contributed by atoms with Crippen molar-refractivity contribution in [3.05, 3.63) is 41.7 Å². The van der Waals surface area contributed by atoms with Crippen molar-refractivity contribution in [3.8, 4) is 5.75 Å². The topological polar surface area (TPSA) is 60.2 Å². The molecule has 2 aliphatic heterocycles. The third kappa shape index (κ3) is 3.70. The van der Waals surface area contributed by atoms with Crippen molar-refractivity contribution in [1.82, 2.24) is 19.9 Å². The molecule has 144 valence electrons. The van der Waals surface area contributed by atoms with Crippen molar-refractivity contribution in [2.75, 3.05) is 13.1 Å². The number of rotatable bonds is 2. The van der Waals surface area contributed by atoms with Gasteiger partial charge >= 0.3 is 0 Å². The maximum absolute atomic E-state index is 12.9. The summed E-state index contributed by atoms with van der Waals surface area (Å²) in [4.78, 5) is 14.9. The molecule has 1 amide bonds. The van der Waals surface area contributed by atoms with Crippen LogP contribution in [0.2, 0.25) is 0 Å². The summed E-state index contributed by atoms with van der Waals surface area (Å²) in [7, 11) is 0. The lowest BCUT2D eigenvalue weighted by molar-refractivity contribution is -0.140. The number of aromatic nitrogens is 3.